The van der Waals surface area contributed by atoms with Crippen molar-refractivity contribution < 1.29 is 9.47 Å². The van der Waals surface area contributed by atoms with Gasteiger partial charge in [-0.3, -0.25) is 0 Å². The van der Waals surface area contributed by atoms with E-state index in [0.29, 0.717) is 5.92 Å². The fraction of sp³-hybridized carbons (Fsp3) is 0.583. The van der Waals surface area contributed by atoms with Gasteiger partial charge in [-0.2, -0.15) is 0 Å². The molecule has 0 saturated carbocycles. The highest BCUT2D eigenvalue weighted by molar-refractivity contribution is 5.28. The van der Waals surface area contributed by atoms with Crippen molar-refractivity contribution >= 4 is 0 Å². The van der Waals surface area contributed by atoms with E-state index in [0.717, 1.165) is 23.9 Å². The van der Waals surface area contributed by atoms with Crippen molar-refractivity contribution in [3.8, 4) is 0 Å². The molecule has 0 N–H and O–H groups in total. The summed E-state index contributed by atoms with van der Waals surface area (Å²) in [6, 6.07) is 0. The second-order valence-electron chi connectivity index (χ2n) is 7.30. The molecule has 26 heavy (non-hydrogen) atoms. The van der Waals surface area contributed by atoms with Crippen molar-refractivity contribution in [3.63, 3.8) is 0 Å². The van der Waals surface area contributed by atoms with Crippen LogP contribution < -0.4 is 0 Å². The van der Waals surface area contributed by atoms with E-state index in [9.17, 15) is 0 Å². The number of hydrogen-bond acceptors (Lipinski definition) is 2. The minimum absolute atomic E-state index is 0.290. The molecule has 0 amide bonds. The van der Waals surface area contributed by atoms with E-state index < -0.39 is 0 Å². The van der Waals surface area contributed by atoms with Crippen LogP contribution in [0.5, 0.6) is 0 Å². The Morgan fingerprint density at radius 3 is 2.50 bits per heavy atom. The Hall–Kier alpha value is -1.70. The molecule has 2 nitrogen and oxygen atoms in total. The maximum absolute atomic E-state index is 5.65. The standard InChI is InChI=1S/C24H38O2/c1-7-10-11-19(4)12-14-22(8-2)17-23(9-3)24-15-13-20(5)25-18-26-21(6)16-24/h7,10-11,13,15-16,22-23H,8-9,12,14,17-18H2,1-6H3/b10-7-,19-11+,20-13+,21-16+,24-15+. The van der Waals surface area contributed by atoms with E-state index in [-0.39, 0.29) is 6.79 Å². The van der Waals surface area contributed by atoms with Crippen LogP contribution in [0.3, 0.4) is 0 Å². The lowest BCUT2D eigenvalue weighted by atomic mass is 9.82. The van der Waals surface area contributed by atoms with Crippen molar-refractivity contribution in [2.45, 2.75) is 73.6 Å². The Morgan fingerprint density at radius 2 is 1.85 bits per heavy atom. The van der Waals surface area contributed by atoms with Gasteiger partial charge in [-0.05, 0) is 82.9 Å². The van der Waals surface area contributed by atoms with Crippen LogP contribution in [0.25, 0.3) is 0 Å². The Kier molecular flexibility index (Phi) is 10.8. The first-order chi connectivity index (χ1) is 12.5. The smallest absolute Gasteiger partial charge is 0.229 e. The van der Waals surface area contributed by atoms with Crippen LogP contribution in [-0.2, 0) is 9.47 Å². The van der Waals surface area contributed by atoms with Gasteiger partial charge in [0.05, 0.1) is 11.5 Å². The molecule has 0 aromatic heterocycles. The molecule has 0 saturated heterocycles. The summed E-state index contributed by atoms with van der Waals surface area (Å²) in [6.07, 6.45) is 19.0. The van der Waals surface area contributed by atoms with E-state index >= 15 is 0 Å². The lowest BCUT2D eigenvalue weighted by molar-refractivity contribution is 0.0157. The second-order valence-corrected chi connectivity index (χ2v) is 7.30. The van der Waals surface area contributed by atoms with Gasteiger partial charge in [-0.1, -0.05) is 50.1 Å². The maximum atomic E-state index is 5.65. The summed E-state index contributed by atoms with van der Waals surface area (Å²) in [7, 11) is 0. The first kappa shape index (κ1) is 22.3. The highest BCUT2D eigenvalue weighted by atomic mass is 16.7. The minimum atomic E-state index is 0.290. The normalized spacial score (nSPS) is 24.5. The van der Waals surface area contributed by atoms with Gasteiger partial charge >= 0.3 is 0 Å². The SMILES string of the molecule is C/C=C\C=C(/C)CCC(CC)CC(CC)C1=C/C=C(\C)OCO\C(C)=C\1. The molecule has 2 atom stereocenters. The fourth-order valence-corrected chi connectivity index (χ4v) is 3.26. The Labute approximate surface area is 161 Å². The summed E-state index contributed by atoms with van der Waals surface area (Å²) in [5.41, 5.74) is 2.82. The molecule has 0 bridgehead atoms. The number of hydrogen-bond donors (Lipinski definition) is 0. The highest BCUT2D eigenvalue weighted by Crippen LogP contribution is 2.30. The molecule has 1 aliphatic rings. The van der Waals surface area contributed by atoms with Gasteiger partial charge in [-0.15, -0.1) is 0 Å². The third-order valence-electron chi connectivity index (χ3n) is 5.13. The molecular weight excluding hydrogens is 320 g/mol. The van der Waals surface area contributed by atoms with E-state index in [1.54, 1.807) is 0 Å². The molecule has 0 fully saturated rings. The predicted molar refractivity (Wildman–Crippen MR) is 113 cm³/mol. The fourth-order valence-electron chi connectivity index (χ4n) is 3.26. The van der Waals surface area contributed by atoms with Crippen LogP contribution in [-0.4, -0.2) is 6.79 Å². The minimum Gasteiger partial charge on any atom is -0.462 e. The van der Waals surface area contributed by atoms with Crippen LogP contribution in [0.1, 0.15) is 73.6 Å². The van der Waals surface area contributed by atoms with Gasteiger partial charge in [0, 0.05) is 0 Å². The zero-order valence-electron chi connectivity index (χ0n) is 17.7. The molecule has 2 heteroatoms. The zero-order valence-corrected chi connectivity index (χ0v) is 17.7. The predicted octanol–water partition coefficient (Wildman–Crippen LogP) is 7.47. The zero-order chi connectivity index (χ0) is 19.4. The van der Waals surface area contributed by atoms with Crippen LogP contribution >= 0.6 is 0 Å². The average Bonchev–Trinajstić information content (AvgIpc) is 2.71. The van der Waals surface area contributed by atoms with E-state index in [1.807, 2.05) is 13.8 Å². The summed E-state index contributed by atoms with van der Waals surface area (Å²) < 4.78 is 11.2. The topological polar surface area (TPSA) is 18.5 Å². The Balaban J connectivity index is 2.83. The first-order valence-electron chi connectivity index (χ1n) is 10.1. The molecule has 1 heterocycles. The van der Waals surface area contributed by atoms with E-state index in [4.69, 9.17) is 9.47 Å². The van der Waals surface area contributed by atoms with E-state index in [1.165, 1.54) is 36.8 Å². The lowest BCUT2D eigenvalue weighted by Gasteiger charge is -2.23. The molecule has 0 aliphatic carbocycles. The molecule has 146 valence electrons. The summed E-state index contributed by atoms with van der Waals surface area (Å²) in [5, 5.41) is 0. The Bertz CT molecular complexity index is 561. The third kappa shape index (κ3) is 8.60. The number of ether oxygens (including phenoxy) is 2. The van der Waals surface area contributed by atoms with Crippen molar-refractivity contribution in [1.29, 1.82) is 0 Å². The molecule has 0 aromatic carbocycles. The largest absolute Gasteiger partial charge is 0.462 e. The lowest BCUT2D eigenvalue weighted by Crippen LogP contribution is -2.10. The second kappa shape index (κ2) is 12.6. The van der Waals surface area contributed by atoms with Crippen LogP contribution in [0.2, 0.25) is 0 Å². The highest BCUT2D eigenvalue weighted by Gasteiger charge is 2.17. The van der Waals surface area contributed by atoms with E-state index in [2.05, 4.69) is 64.2 Å². The van der Waals surface area contributed by atoms with Crippen molar-refractivity contribution in [2.24, 2.45) is 11.8 Å². The molecular formula is C24H38O2. The van der Waals surface area contributed by atoms with Gasteiger partial charge in [0.2, 0.25) is 6.79 Å². The molecule has 2 unspecified atom stereocenters. The molecule has 0 radical (unpaired) electrons. The monoisotopic (exact) mass is 358 g/mol. The summed E-state index contributed by atoms with van der Waals surface area (Å²) in [4.78, 5) is 0. The number of rotatable bonds is 9. The average molecular weight is 359 g/mol. The van der Waals surface area contributed by atoms with Crippen LogP contribution in [0.4, 0.5) is 0 Å². The van der Waals surface area contributed by atoms with Crippen LogP contribution in [0.15, 0.2) is 59.1 Å². The maximum Gasteiger partial charge on any atom is 0.229 e. The molecule has 1 rings (SSSR count). The van der Waals surface area contributed by atoms with Crippen molar-refractivity contribution in [1.82, 2.24) is 0 Å². The number of allylic oxidation sites excluding steroid dienone is 10. The summed E-state index contributed by atoms with van der Waals surface area (Å²) in [5.74, 6) is 3.13. The van der Waals surface area contributed by atoms with Gasteiger partial charge in [0.1, 0.15) is 0 Å². The summed E-state index contributed by atoms with van der Waals surface area (Å²) >= 11 is 0. The van der Waals surface area contributed by atoms with Gasteiger partial charge in [0.15, 0.2) is 0 Å². The third-order valence-corrected chi connectivity index (χ3v) is 5.13. The van der Waals surface area contributed by atoms with Gasteiger partial charge in [0.25, 0.3) is 0 Å². The van der Waals surface area contributed by atoms with Gasteiger partial charge < -0.3 is 9.47 Å². The summed E-state index contributed by atoms with van der Waals surface area (Å²) in [6.45, 7) is 13.2. The molecule has 0 spiro atoms. The van der Waals surface area contributed by atoms with Crippen molar-refractivity contribution in [2.75, 3.05) is 6.79 Å². The van der Waals surface area contributed by atoms with Crippen LogP contribution in [0, 0.1) is 11.8 Å². The quantitative estimate of drug-likeness (QED) is 0.398. The van der Waals surface area contributed by atoms with Gasteiger partial charge in [-0.25, -0.2) is 0 Å². The molecule has 0 aromatic rings. The first-order valence-corrected chi connectivity index (χ1v) is 10.1. The van der Waals surface area contributed by atoms with Crippen molar-refractivity contribution in [3.05, 3.63) is 59.1 Å². The molecule has 1 aliphatic heterocycles. The Morgan fingerprint density at radius 1 is 1.12 bits per heavy atom.